The number of carbonyl (C=O) groups is 4. The van der Waals surface area contributed by atoms with Crippen LogP contribution >= 0.6 is 0 Å². The van der Waals surface area contributed by atoms with Crippen LogP contribution in [-0.2, 0) is 25.6 Å². The molecule has 36 heavy (non-hydrogen) atoms. The minimum absolute atomic E-state index is 0.0978. The lowest BCUT2D eigenvalue weighted by Crippen LogP contribution is -2.54. The van der Waals surface area contributed by atoms with E-state index in [1.54, 1.807) is 24.3 Å². The van der Waals surface area contributed by atoms with E-state index < -0.39 is 48.4 Å². The summed E-state index contributed by atoms with van der Waals surface area (Å²) in [6.07, 6.45) is 2.44. The van der Waals surface area contributed by atoms with Crippen molar-refractivity contribution in [1.29, 1.82) is 0 Å². The number of carbonyl (C=O) groups excluding carboxylic acids is 3. The maximum Gasteiger partial charge on any atom is 0.326 e. The van der Waals surface area contributed by atoms with E-state index in [4.69, 9.17) is 22.9 Å². The molecule has 0 bridgehead atoms. The molecular weight excluding hydrogens is 468 g/mol. The fourth-order valence-electron chi connectivity index (χ4n) is 3.27. The minimum atomic E-state index is -1.22. The highest BCUT2D eigenvalue weighted by atomic mass is 16.4. The average molecular weight is 507 g/mol. The molecular formula is C23H38N8O5. The van der Waals surface area contributed by atoms with Gasteiger partial charge in [-0.3, -0.25) is 19.4 Å². The smallest absolute Gasteiger partial charge is 0.326 e. The van der Waals surface area contributed by atoms with E-state index in [9.17, 15) is 24.3 Å². The number of aliphatic carboxylic acids is 1. The van der Waals surface area contributed by atoms with Gasteiger partial charge in [-0.25, -0.2) is 4.79 Å². The second-order valence-electron chi connectivity index (χ2n) is 8.27. The van der Waals surface area contributed by atoms with Gasteiger partial charge < -0.3 is 44.0 Å². The molecule has 3 atom stereocenters. The van der Waals surface area contributed by atoms with Crippen molar-refractivity contribution in [2.45, 2.75) is 56.7 Å². The fraction of sp³-hybridized carbons (Fsp3) is 0.522. The SMILES string of the molecule is NCCCCC(N)C(=O)NC(Cc1ccccc1)C(=O)NCC(=O)NC(CCCN=C(N)N)C(=O)O. The van der Waals surface area contributed by atoms with Gasteiger partial charge in [-0.05, 0) is 37.8 Å². The average Bonchev–Trinajstić information content (AvgIpc) is 2.84. The molecule has 3 amide bonds. The summed E-state index contributed by atoms with van der Waals surface area (Å²) in [5.74, 6) is -3.12. The zero-order valence-corrected chi connectivity index (χ0v) is 20.3. The summed E-state index contributed by atoms with van der Waals surface area (Å²) in [4.78, 5) is 52.9. The monoisotopic (exact) mass is 506 g/mol. The Morgan fingerprint density at radius 1 is 0.917 bits per heavy atom. The summed E-state index contributed by atoms with van der Waals surface area (Å²) in [5, 5.41) is 16.8. The molecule has 1 aromatic carbocycles. The van der Waals surface area contributed by atoms with Crippen LogP contribution in [0.15, 0.2) is 35.3 Å². The van der Waals surface area contributed by atoms with Crippen LogP contribution < -0.4 is 38.9 Å². The summed E-state index contributed by atoms with van der Waals surface area (Å²) >= 11 is 0. The number of nitrogens with one attached hydrogen (secondary N) is 3. The number of benzene rings is 1. The first-order chi connectivity index (χ1) is 17.1. The number of rotatable bonds is 17. The third-order valence-electron chi connectivity index (χ3n) is 5.22. The number of carboxylic acid groups (broad SMARTS) is 1. The van der Waals surface area contributed by atoms with Crippen molar-refractivity contribution >= 4 is 29.7 Å². The van der Waals surface area contributed by atoms with Crippen LogP contribution in [-0.4, -0.2) is 72.5 Å². The topological polar surface area (TPSA) is 241 Å². The number of carboxylic acids is 1. The summed E-state index contributed by atoms with van der Waals surface area (Å²) in [6.45, 7) is 0.239. The predicted molar refractivity (Wildman–Crippen MR) is 135 cm³/mol. The Hall–Kier alpha value is -3.71. The predicted octanol–water partition coefficient (Wildman–Crippen LogP) is -2.09. The first kappa shape index (κ1) is 30.3. The lowest BCUT2D eigenvalue weighted by atomic mass is 10.0. The maximum atomic E-state index is 12.8. The molecule has 0 aliphatic heterocycles. The third kappa shape index (κ3) is 12.7. The molecule has 0 saturated heterocycles. The van der Waals surface area contributed by atoms with Crippen LogP contribution in [0.2, 0.25) is 0 Å². The van der Waals surface area contributed by atoms with Crippen LogP contribution in [0.1, 0.15) is 37.7 Å². The van der Waals surface area contributed by atoms with Gasteiger partial charge in [-0.15, -0.1) is 0 Å². The van der Waals surface area contributed by atoms with E-state index in [2.05, 4.69) is 20.9 Å². The minimum Gasteiger partial charge on any atom is -0.480 e. The van der Waals surface area contributed by atoms with E-state index in [-0.39, 0.29) is 25.3 Å². The van der Waals surface area contributed by atoms with Crippen molar-refractivity contribution in [3.05, 3.63) is 35.9 Å². The van der Waals surface area contributed by atoms with Crippen molar-refractivity contribution in [3.8, 4) is 0 Å². The molecule has 1 aromatic rings. The Morgan fingerprint density at radius 2 is 1.61 bits per heavy atom. The maximum absolute atomic E-state index is 12.8. The number of guanidine groups is 1. The van der Waals surface area contributed by atoms with Crippen molar-refractivity contribution in [2.75, 3.05) is 19.6 Å². The van der Waals surface area contributed by atoms with Gasteiger partial charge in [0.05, 0.1) is 12.6 Å². The summed E-state index contributed by atoms with van der Waals surface area (Å²) in [5.41, 5.74) is 22.7. The summed E-state index contributed by atoms with van der Waals surface area (Å²) in [7, 11) is 0. The van der Waals surface area contributed by atoms with E-state index in [1.807, 2.05) is 6.07 Å². The number of nitrogens with two attached hydrogens (primary N) is 4. The van der Waals surface area contributed by atoms with Crippen molar-refractivity contribution in [3.63, 3.8) is 0 Å². The standard InChI is InChI=1S/C23H38N8O5/c24-11-5-4-9-16(25)20(33)31-18(13-15-7-2-1-3-8-15)21(34)29-14-19(32)30-17(22(35)36)10-6-12-28-23(26)27/h1-3,7-8,16-18H,4-6,9-14,24-25H2,(H,29,34)(H,30,32)(H,31,33)(H,35,36)(H4,26,27,28). The van der Waals surface area contributed by atoms with Crippen molar-refractivity contribution < 1.29 is 24.3 Å². The van der Waals surface area contributed by atoms with Gasteiger partial charge in [0, 0.05) is 13.0 Å². The number of aliphatic imine (C=N–C) groups is 1. The number of hydrogen-bond acceptors (Lipinski definition) is 7. The molecule has 12 N–H and O–H groups in total. The van der Waals surface area contributed by atoms with Crippen molar-refractivity contribution in [2.24, 2.45) is 27.9 Å². The van der Waals surface area contributed by atoms with Gasteiger partial charge >= 0.3 is 5.97 Å². The van der Waals surface area contributed by atoms with Crippen LogP contribution in [0.25, 0.3) is 0 Å². The molecule has 1 rings (SSSR count). The number of nitrogens with zero attached hydrogens (tertiary/aromatic N) is 1. The molecule has 13 nitrogen and oxygen atoms in total. The van der Waals surface area contributed by atoms with Crippen LogP contribution in [0.3, 0.4) is 0 Å². The number of amides is 3. The van der Waals surface area contributed by atoms with Gasteiger partial charge in [0.1, 0.15) is 12.1 Å². The van der Waals surface area contributed by atoms with Gasteiger partial charge in [-0.2, -0.15) is 0 Å². The molecule has 0 aliphatic rings. The highest BCUT2D eigenvalue weighted by Crippen LogP contribution is 2.05. The number of unbranched alkanes of at least 4 members (excludes halogenated alkanes) is 1. The van der Waals surface area contributed by atoms with E-state index in [1.165, 1.54) is 0 Å². The number of hydrogen-bond donors (Lipinski definition) is 8. The first-order valence-corrected chi connectivity index (χ1v) is 11.8. The Balaban J connectivity index is 2.71. The highest BCUT2D eigenvalue weighted by molar-refractivity contribution is 5.92. The molecule has 0 spiro atoms. The van der Waals surface area contributed by atoms with Gasteiger partial charge in [0.25, 0.3) is 0 Å². The molecule has 3 unspecified atom stereocenters. The normalized spacial score (nSPS) is 13.1. The molecule has 0 aromatic heterocycles. The molecule has 0 heterocycles. The summed E-state index contributed by atoms with van der Waals surface area (Å²) in [6, 6.07) is 6.08. The third-order valence-corrected chi connectivity index (χ3v) is 5.22. The molecule has 0 aliphatic carbocycles. The van der Waals surface area contributed by atoms with Crippen LogP contribution in [0.4, 0.5) is 0 Å². The lowest BCUT2D eigenvalue weighted by molar-refractivity contribution is -0.142. The van der Waals surface area contributed by atoms with Gasteiger partial charge in [-0.1, -0.05) is 36.8 Å². The zero-order valence-electron chi connectivity index (χ0n) is 20.3. The highest BCUT2D eigenvalue weighted by Gasteiger charge is 2.25. The fourth-order valence-corrected chi connectivity index (χ4v) is 3.27. The Bertz CT molecular complexity index is 877. The molecule has 0 radical (unpaired) electrons. The van der Waals surface area contributed by atoms with Gasteiger partial charge in [0.15, 0.2) is 5.96 Å². The van der Waals surface area contributed by atoms with Crippen LogP contribution in [0, 0.1) is 0 Å². The van der Waals surface area contributed by atoms with Gasteiger partial charge in [0.2, 0.25) is 17.7 Å². The molecule has 0 fully saturated rings. The van der Waals surface area contributed by atoms with Crippen LogP contribution in [0.5, 0.6) is 0 Å². The summed E-state index contributed by atoms with van der Waals surface area (Å²) < 4.78 is 0. The first-order valence-electron chi connectivity index (χ1n) is 11.8. The molecule has 0 saturated carbocycles. The molecule has 200 valence electrons. The quantitative estimate of drug-likeness (QED) is 0.0655. The Morgan fingerprint density at radius 3 is 2.22 bits per heavy atom. The Kier molecular flexibility index (Phi) is 14.2. The van der Waals surface area contributed by atoms with E-state index in [0.29, 0.717) is 25.8 Å². The Labute approximate surface area is 210 Å². The largest absolute Gasteiger partial charge is 0.480 e. The lowest BCUT2D eigenvalue weighted by Gasteiger charge is -2.21. The van der Waals surface area contributed by atoms with Crippen molar-refractivity contribution in [1.82, 2.24) is 16.0 Å². The molecule has 13 heteroatoms. The second kappa shape index (κ2) is 16.8. The zero-order chi connectivity index (χ0) is 26.9. The van der Waals surface area contributed by atoms with E-state index in [0.717, 1.165) is 12.0 Å². The van der Waals surface area contributed by atoms with E-state index >= 15 is 0 Å². The second-order valence-corrected chi connectivity index (χ2v) is 8.27.